The SMILES string of the molecule is Nc1cnc(CSc2ccccc2)nc1. The van der Waals surface area contributed by atoms with Gasteiger partial charge in [0.1, 0.15) is 5.82 Å². The monoisotopic (exact) mass is 217 g/mol. The molecule has 2 rings (SSSR count). The second kappa shape index (κ2) is 4.79. The Bertz CT molecular complexity index is 414. The molecule has 0 fully saturated rings. The molecule has 0 aliphatic heterocycles. The minimum Gasteiger partial charge on any atom is -0.396 e. The summed E-state index contributed by atoms with van der Waals surface area (Å²) in [7, 11) is 0. The summed E-state index contributed by atoms with van der Waals surface area (Å²) in [5.41, 5.74) is 6.10. The van der Waals surface area contributed by atoms with E-state index in [1.807, 2.05) is 18.2 Å². The summed E-state index contributed by atoms with van der Waals surface area (Å²) in [4.78, 5) is 9.49. The third-order valence-corrected chi connectivity index (χ3v) is 2.84. The van der Waals surface area contributed by atoms with Crippen molar-refractivity contribution in [3.05, 3.63) is 48.5 Å². The molecule has 0 saturated carbocycles. The molecule has 2 N–H and O–H groups in total. The highest BCUT2D eigenvalue weighted by molar-refractivity contribution is 7.98. The molecule has 4 heteroatoms. The molecule has 76 valence electrons. The van der Waals surface area contributed by atoms with Gasteiger partial charge in [0.15, 0.2) is 0 Å². The van der Waals surface area contributed by atoms with Crippen LogP contribution in [0.4, 0.5) is 5.69 Å². The van der Waals surface area contributed by atoms with E-state index in [1.54, 1.807) is 24.2 Å². The van der Waals surface area contributed by atoms with Crippen molar-refractivity contribution in [3.63, 3.8) is 0 Å². The highest BCUT2D eigenvalue weighted by Crippen LogP contribution is 2.20. The number of hydrogen-bond donors (Lipinski definition) is 1. The summed E-state index contributed by atoms with van der Waals surface area (Å²) >= 11 is 1.71. The molecule has 1 heterocycles. The third kappa shape index (κ3) is 2.95. The maximum absolute atomic E-state index is 5.50. The minimum absolute atomic E-state index is 0.600. The molecule has 15 heavy (non-hydrogen) atoms. The van der Waals surface area contributed by atoms with Crippen LogP contribution >= 0.6 is 11.8 Å². The van der Waals surface area contributed by atoms with Crippen LogP contribution in [-0.2, 0) is 5.75 Å². The Balaban J connectivity index is 1.96. The third-order valence-electron chi connectivity index (χ3n) is 1.84. The normalized spacial score (nSPS) is 10.1. The molecule has 1 aromatic heterocycles. The molecule has 0 spiro atoms. The average Bonchev–Trinajstić information content (AvgIpc) is 2.30. The Morgan fingerprint density at radius 2 is 1.73 bits per heavy atom. The number of hydrogen-bond acceptors (Lipinski definition) is 4. The molecular weight excluding hydrogens is 206 g/mol. The van der Waals surface area contributed by atoms with E-state index in [4.69, 9.17) is 5.73 Å². The molecule has 0 unspecified atom stereocenters. The second-order valence-electron chi connectivity index (χ2n) is 3.03. The second-order valence-corrected chi connectivity index (χ2v) is 4.08. The van der Waals surface area contributed by atoms with Gasteiger partial charge < -0.3 is 5.73 Å². The number of thioether (sulfide) groups is 1. The van der Waals surface area contributed by atoms with Crippen LogP contribution in [-0.4, -0.2) is 9.97 Å². The number of rotatable bonds is 3. The number of aromatic nitrogens is 2. The van der Waals surface area contributed by atoms with Crippen LogP contribution < -0.4 is 5.73 Å². The molecule has 0 aliphatic carbocycles. The molecular formula is C11H11N3S. The van der Waals surface area contributed by atoms with E-state index in [2.05, 4.69) is 22.1 Å². The van der Waals surface area contributed by atoms with E-state index in [0.29, 0.717) is 5.69 Å². The number of nitrogens with zero attached hydrogens (tertiary/aromatic N) is 2. The van der Waals surface area contributed by atoms with E-state index in [1.165, 1.54) is 4.90 Å². The molecule has 0 saturated heterocycles. The smallest absolute Gasteiger partial charge is 0.138 e. The summed E-state index contributed by atoms with van der Waals surface area (Å²) in [6, 6.07) is 10.2. The lowest BCUT2D eigenvalue weighted by atomic mass is 10.4. The van der Waals surface area contributed by atoms with Gasteiger partial charge in [-0.15, -0.1) is 11.8 Å². The van der Waals surface area contributed by atoms with Crippen molar-refractivity contribution < 1.29 is 0 Å². The zero-order valence-electron chi connectivity index (χ0n) is 8.13. The van der Waals surface area contributed by atoms with E-state index in [-0.39, 0.29) is 0 Å². The van der Waals surface area contributed by atoms with Gasteiger partial charge in [0.05, 0.1) is 23.8 Å². The quantitative estimate of drug-likeness (QED) is 0.802. The Kier molecular flexibility index (Phi) is 3.19. The van der Waals surface area contributed by atoms with Gasteiger partial charge in [-0.25, -0.2) is 9.97 Å². The van der Waals surface area contributed by atoms with Crippen LogP contribution in [0.15, 0.2) is 47.6 Å². The predicted octanol–water partition coefficient (Wildman–Crippen LogP) is 2.35. The van der Waals surface area contributed by atoms with E-state index in [9.17, 15) is 0 Å². The summed E-state index contributed by atoms with van der Waals surface area (Å²) in [6.45, 7) is 0. The van der Waals surface area contributed by atoms with Crippen molar-refractivity contribution in [2.75, 3.05) is 5.73 Å². The van der Waals surface area contributed by atoms with Crippen LogP contribution in [0, 0.1) is 0 Å². The number of nitrogen functional groups attached to an aromatic ring is 1. The first-order valence-corrected chi connectivity index (χ1v) is 5.57. The summed E-state index contributed by atoms with van der Waals surface area (Å²) < 4.78 is 0. The maximum Gasteiger partial charge on any atom is 0.138 e. The molecule has 1 aromatic carbocycles. The van der Waals surface area contributed by atoms with Gasteiger partial charge in [-0.3, -0.25) is 0 Å². The first-order valence-electron chi connectivity index (χ1n) is 4.59. The lowest BCUT2D eigenvalue weighted by Crippen LogP contribution is -1.94. The summed E-state index contributed by atoms with van der Waals surface area (Å²) in [5, 5.41) is 0. The zero-order chi connectivity index (χ0) is 10.5. The Labute approximate surface area is 92.8 Å². The number of benzene rings is 1. The topological polar surface area (TPSA) is 51.8 Å². The highest BCUT2D eigenvalue weighted by Gasteiger charge is 1.97. The van der Waals surface area contributed by atoms with Gasteiger partial charge in [0.2, 0.25) is 0 Å². The van der Waals surface area contributed by atoms with Crippen LogP contribution in [0.5, 0.6) is 0 Å². The Morgan fingerprint density at radius 1 is 1.07 bits per heavy atom. The predicted molar refractivity (Wildman–Crippen MR) is 62.4 cm³/mol. The summed E-state index contributed by atoms with van der Waals surface area (Å²) in [6.07, 6.45) is 3.27. The van der Waals surface area contributed by atoms with E-state index in [0.717, 1.165) is 11.6 Å². The number of anilines is 1. The maximum atomic E-state index is 5.50. The van der Waals surface area contributed by atoms with Gasteiger partial charge >= 0.3 is 0 Å². The van der Waals surface area contributed by atoms with Crippen molar-refractivity contribution in [3.8, 4) is 0 Å². The molecule has 0 aliphatic rings. The van der Waals surface area contributed by atoms with Crippen molar-refractivity contribution in [1.29, 1.82) is 0 Å². The van der Waals surface area contributed by atoms with Crippen molar-refractivity contribution in [2.45, 2.75) is 10.6 Å². The van der Waals surface area contributed by atoms with Gasteiger partial charge in [0, 0.05) is 4.90 Å². The minimum atomic E-state index is 0.600. The molecule has 2 aromatic rings. The first kappa shape index (κ1) is 9.98. The zero-order valence-corrected chi connectivity index (χ0v) is 8.95. The largest absolute Gasteiger partial charge is 0.396 e. The fraction of sp³-hybridized carbons (Fsp3) is 0.0909. The van der Waals surface area contributed by atoms with Gasteiger partial charge in [0.25, 0.3) is 0 Å². The average molecular weight is 217 g/mol. The van der Waals surface area contributed by atoms with Crippen LogP contribution in [0.2, 0.25) is 0 Å². The van der Waals surface area contributed by atoms with Crippen LogP contribution in [0.25, 0.3) is 0 Å². The van der Waals surface area contributed by atoms with Crippen LogP contribution in [0.1, 0.15) is 5.82 Å². The van der Waals surface area contributed by atoms with Gasteiger partial charge in [-0.05, 0) is 12.1 Å². The number of nitrogens with two attached hydrogens (primary N) is 1. The van der Waals surface area contributed by atoms with Crippen molar-refractivity contribution >= 4 is 17.4 Å². The van der Waals surface area contributed by atoms with E-state index < -0.39 is 0 Å². The van der Waals surface area contributed by atoms with Crippen molar-refractivity contribution in [2.24, 2.45) is 0 Å². The van der Waals surface area contributed by atoms with Gasteiger partial charge in [-0.1, -0.05) is 18.2 Å². The summed E-state index contributed by atoms with van der Waals surface area (Å²) in [5.74, 6) is 1.57. The first-order chi connectivity index (χ1) is 7.34. The fourth-order valence-electron chi connectivity index (χ4n) is 1.10. The Hall–Kier alpha value is -1.55. The molecule has 0 bridgehead atoms. The standard InChI is InChI=1S/C11H11N3S/c12-9-6-13-11(14-7-9)8-15-10-4-2-1-3-5-10/h1-7H,8,12H2. The Morgan fingerprint density at radius 3 is 2.40 bits per heavy atom. The highest BCUT2D eigenvalue weighted by atomic mass is 32.2. The molecule has 0 radical (unpaired) electrons. The molecule has 0 atom stereocenters. The van der Waals surface area contributed by atoms with Crippen molar-refractivity contribution in [1.82, 2.24) is 9.97 Å². The molecule has 3 nitrogen and oxygen atoms in total. The molecule has 0 amide bonds. The lowest BCUT2D eigenvalue weighted by molar-refractivity contribution is 1.04. The van der Waals surface area contributed by atoms with Gasteiger partial charge in [-0.2, -0.15) is 0 Å². The lowest BCUT2D eigenvalue weighted by Gasteiger charge is -2.00. The van der Waals surface area contributed by atoms with E-state index >= 15 is 0 Å². The van der Waals surface area contributed by atoms with Crippen LogP contribution in [0.3, 0.4) is 0 Å². The fourth-order valence-corrected chi connectivity index (χ4v) is 1.90.